The van der Waals surface area contributed by atoms with Gasteiger partial charge in [-0.3, -0.25) is 0 Å². The summed E-state index contributed by atoms with van der Waals surface area (Å²) in [5.41, 5.74) is 8.60. The number of para-hydroxylation sites is 3. The average molecular weight is 704 g/mol. The molecule has 0 fully saturated rings. The van der Waals surface area contributed by atoms with Crippen molar-refractivity contribution in [2.45, 2.75) is 0 Å². The first-order valence-corrected chi connectivity index (χ1v) is 18.4. The first-order valence-electron chi connectivity index (χ1n) is 18.4. The normalized spacial score (nSPS) is 11.3. The number of benzene rings is 8. The molecule has 0 radical (unpaired) electrons. The summed E-state index contributed by atoms with van der Waals surface area (Å²) < 4.78 is 0. The van der Waals surface area contributed by atoms with Gasteiger partial charge in [0.15, 0.2) is 17.5 Å². The molecule has 10 rings (SSSR count). The summed E-state index contributed by atoms with van der Waals surface area (Å²) in [4.78, 5) is 23.5. The summed E-state index contributed by atoms with van der Waals surface area (Å²) in [7, 11) is 0. The predicted octanol–water partition coefficient (Wildman–Crippen LogP) is 12.9. The van der Waals surface area contributed by atoms with Crippen LogP contribution in [0.25, 0.3) is 77.9 Å². The number of nitrogens with zero attached hydrogens (tertiary/aromatic N) is 5. The van der Waals surface area contributed by atoms with Gasteiger partial charge in [-0.25, -0.2) is 19.9 Å². The zero-order valence-electron chi connectivity index (χ0n) is 29.8. The van der Waals surface area contributed by atoms with Crippen molar-refractivity contribution in [1.82, 2.24) is 19.9 Å². The number of pyridine rings is 1. The fourth-order valence-corrected chi connectivity index (χ4v) is 7.56. The van der Waals surface area contributed by atoms with Gasteiger partial charge in [-0.05, 0) is 47.2 Å². The molecule has 0 N–H and O–H groups in total. The van der Waals surface area contributed by atoms with Crippen molar-refractivity contribution in [1.29, 1.82) is 0 Å². The third-order valence-corrected chi connectivity index (χ3v) is 10.1. The predicted molar refractivity (Wildman–Crippen MR) is 227 cm³/mol. The molecule has 0 spiro atoms. The first kappa shape index (κ1) is 32.2. The lowest BCUT2D eigenvalue weighted by molar-refractivity contribution is 1.08. The molecule has 5 heteroatoms. The van der Waals surface area contributed by atoms with E-state index in [0.29, 0.717) is 17.5 Å². The van der Waals surface area contributed by atoms with Gasteiger partial charge in [-0.1, -0.05) is 164 Å². The second-order valence-electron chi connectivity index (χ2n) is 13.4. The minimum absolute atomic E-state index is 0.591. The van der Waals surface area contributed by atoms with Gasteiger partial charge in [0.25, 0.3) is 0 Å². The molecule has 2 aromatic heterocycles. The van der Waals surface area contributed by atoms with Crippen molar-refractivity contribution in [3.05, 3.63) is 200 Å². The van der Waals surface area contributed by atoms with E-state index in [9.17, 15) is 0 Å². The molecule has 10 aromatic rings. The zero-order chi connectivity index (χ0) is 36.6. The Morgan fingerprint density at radius 1 is 0.345 bits per heavy atom. The van der Waals surface area contributed by atoms with Gasteiger partial charge in [0.2, 0.25) is 0 Å². The molecule has 0 saturated heterocycles. The topological polar surface area (TPSA) is 54.8 Å². The second kappa shape index (κ2) is 13.8. The van der Waals surface area contributed by atoms with E-state index < -0.39 is 0 Å². The molecule has 0 unspecified atom stereocenters. The van der Waals surface area contributed by atoms with Crippen LogP contribution in [0.4, 0.5) is 17.1 Å². The highest BCUT2D eigenvalue weighted by Crippen LogP contribution is 2.46. The van der Waals surface area contributed by atoms with Gasteiger partial charge < -0.3 is 4.90 Å². The van der Waals surface area contributed by atoms with E-state index in [0.717, 1.165) is 77.5 Å². The summed E-state index contributed by atoms with van der Waals surface area (Å²) in [5, 5.41) is 5.36. The first-order chi connectivity index (χ1) is 27.3. The largest absolute Gasteiger partial charge is 0.308 e. The standard InChI is InChI=1S/C50H33N5/c1-6-19-34(20-7-1)46-45-42(50-53-48(35-21-8-2-9-22-35)52-49(54-50)36-23-10-3-11-24-36)33-37-25-16-17-30-40(37)44(45)41-31-18-32-43(47(41)51-46)55(38-26-12-4-13-27-38)39-28-14-5-15-29-39/h1-33H. The van der Waals surface area contributed by atoms with Crippen molar-refractivity contribution in [2.75, 3.05) is 4.90 Å². The molecule has 0 saturated carbocycles. The van der Waals surface area contributed by atoms with Crippen LogP contribution in [0.2, 0.25) is 0 Å². The van der Waals surface area contributed by atoms with Crippen LogP contribution in [0.3, 0.4) is 0 Å². The number of aromatic nitrogens is 4. The average Bonchev–Trinajstić information content (AvgIpc) is 3.27. The van der Waals surface area contributed by atoms with Gasteiger partial charge in [0.1, 0.15) is 0 Å². The lowest BCUT2D eigenvalue weighted by Gasteiger charge is -2.27. The van der Waals surface area contributed by atoms with Crippen molar-refractivity contribution in [2.24, 2.45) is 0 Å². The van der Waals surface area contributed by atoms with Crippen LogP contribution in [0.5, 0.6) is 0 Å². The van der Waals surface area contributed by atoms with E-state index in [-0.39, 0.29) is 0 Å². The van der Waals surface area contributed by atoms with E-state index in [4.69, 9.17) is 19.9 Å². The molecule has 0 aliphatic heterocycles. The summed E-state index contributed by atoms with van der Waals surface area (Å²) in [6, 6.07) is 69.1. The summed E-state index contributed by atoms with van der Waals surface area (Å²) in [6.45, 7) is 0. The van der Waals surface area contributed by atoms with Crippen molar-refractivity contribution >= 4 is 49.5 Å². The Balaban J connectivity index is 1.36. The lowest BCUT2D eigenvalue weighted by Crippen LogP contribution is -2.11. The summed E-state index contributed by atoms with van der Waals surface area (Å²) in [5.74, 6) is 1.82. The van der Waals surface area contributed by atoms with Crippen LogP contribution in [0, 0.1) is 0 Å². The molecule has 55 heavy (non-hydrogen) atoms. The van der Waals surface area contributed by atoms with Gasteiger partial charge >= 0.3 is 0 Å². The van der Waals surface area contributed by atoms with Crippen LogP contribution in [0.15, 0.2) is 200 Å². The van der Waals surface area contributed by atoms with E-state index in [1.54, 1.807) is 0 Å². The molecule has 0 bridgehead atoms. The second-order valence-corrected chi connectivity index (χ2v) is 13.4. The van der Waals surface area contributed by atoms with E-state index in [1.807, 2.05) is 66.7 Å². The Hall–Kier alpha value is -7.50. The molecule has 2 heterocycles. The summed E-state index contributed by atoms with van der Waals surface area (Å²) in [6.07, 6.45) is 0. The molecule has 258 valence electrons. The van der Waals surface area contributed by atoms with Crippen LogP contribution in [0.1, 0.15) is 0 Å². The number of rotatable bonds is 7. The Kier molecular flexibility index (Phi) is 8.08. The Morgan fingerprint density at radius 3 is 1.40 bits per heavy atom. The van der Waals surface area contributed by atoms with Crippen LogP contribution < -0.4 is 4.90 Å². The maximum atomic E-state index is 5.69. The third-order valence-electron chi connectivity index (χ3n) is 10.1. The molecular formula is C50H33N5. The fraction of sp³-hybridized carbons (Fsp3) is 0. The van der Waals surface area contributed by atoms with Crippen molar-refractivity contribution < 1.29 is 0 Å². The lowest BCUT2D eigenvalue weighted by atomic mass is 9.90. The third kappa shape index (κ3) is 5.85. The fourth-order valence-electron chi connectivity index (χ4n) is 7.56. The number of hydrogen-bond donors (Lipinski definition) is 0. The molecule has 0 atom stereocenters. The minimum atomic E-state index is 0.591. The number of hydrogen-bond acceptors (Lipinski definition) is 5. The van der Waals surface area contributed by atoms with Crippen LogP contribution in [-0.4, -0.2) is 19.9 Å². The maximum absolute atomic E-state index is 5.69. The Bertz CT molecular complexity index is 2860. The molecule has 0 amide bonds. The maximum Gasteiger partial charge on any atom is 0.164 e. The smallest absolute Gasteiger partial charge is 0.164 e. The highest BCUT2D eigenvalue weighted by atomic mass is 15.1. The highest BCUT2D eigenvalue weighted by Gasteiger charge is 2.24. The van der Waals surface area contributed by atoms with Gasteiger partial charge in [-0.15, -0.1) is 0 Å². The van der Waals surface area contributed by atoms with E-state index in [2.05, 4.69) is 138 Å². The van der Waals surface area contributed by atoms with Gasteiger partial charge in [-0.2, -0.15) is 0 Å². The SMILES string of the molecule is c1ccc(-c2nc(-c3ccccc3)nc(-c3cc4ccccc4c4c3c(-c3ccccc3)nc3c(N(c5ccccc5)c5ccccc5)cccc34)n2)cc1. The minimum Gasteiger partial charge on any atom is -0.308 e. The molecular weight excluding hydrogens is 671 g/mol. The van der Waals surface area contributed by atoms with Gasteiger partial charge in [0, 0.05) is 49.8 Å². The molecule has 5 nitrogen and oxygen atoms in total. The molecule has 8 aromatic carbocycles. The number of fused-ring (bicyclic) bond motifs is 5. The molecule has 0 aliphatic rings. The van der Waals surface area contributed by atoms with Crippen molar-refractivity contribution in [3.63, 3.8) is 0 Å². The van der Waals surface area contributed by atoms with Crippen molar-refractivity contribution in [3.8, 4) is 45.4 Å². The number of anilines is 3. The molecule has 0 aliphatic carbocycles. The van der Waals surface area contributed by atoms with Crippen LogP contribution >= 0.6 is 0 Å². The summed E-state index contributed by atoms with van der Waals surface area (Å²) >= 11 is 0. The quantitative estimate of drug-likeness (QED) is 0.155. The van der Waals surface area contributed by atoms with E-state index in [1.165, 1.54) is 0 Å². The monoisotopic (exact) mass is 703 g/mol. The van der Waals surface area contributed by atoms with Crippen LogP contribution in [-0.2, 0) is 0 Å². The Morgan fingerprint density at radius 2 is 0.818 bits per heavy atom. The zero-order valence-corrected chi connectivity index (χ0v) is 29.8. The van der Waals surface area contributed by atoms with Gasteiger partial charge in [0.05, 0.1) is 16.9 Å². The Labute approximate surface area is 318 Å². The highest BCUT2D eigenvalue weighted by molar-refractivity contribution is 6.27. The van der Waals surface area contributed by atoms with E-state index >= 15 is 0 Å².